The fraction of sp³-hybridized carbons (Fsp3) is 0.875. The quantitative estimate of drug-likeness (QED) is 0.349. The molecular formula is C32H49F3N2O5S. The van der Waals surface area contributed by atoms with Crippen LogP contribution in [0.5, 0.6) is 0 Å². The number of carbonyl (C=O) groups excluding carboxylic acids is 2. The number of allylic oxidation sites excluding steroid dienone is 2. The van der Waals surface area contributed by atoms with Crippen molar-refractivity contribution in [3.63, 3.8) is 0 Å². The molecule has 0 spiro atoms. The van der Waals surface area contributed by atoms with Gasteiger partial charge in [0.1, 0.15) is 6.73 Å². The third kappa shape index (κ3) is 4.59. The Hall–Kier alpha value is -1.46. The maximum atomic E-state index is 14.5. The predicted octanol–water partition coefficient (Wildman–Crippen LogP) is 6.23. The SMILES string of the molecule is CC1(C)C2CC[C@]3(C)[C@H](C(=O)C=C4[C@@H]5C[C@@](C)(C(N)=O)CC[C@]5(C)CC[C@]43C)[C@@]2(C)CC[C@@H]1OCNS(=O)(=O)C(F)(F)F. The number of fused-ring (bicyclic) bond motifs is 7. The number of nitrogens with two attached hydrogens (primary N) is 1. The number of hydrogen-bond donors (Lipinski definition) is 2. The first-order chi connectivity index (χ1) is 19.5. The Morgan fingerprint density at radius 3 is 2.23 bits per heavy atom. The average molecular weight is 631 g/mol. The Kier molecular flexibility index (Phi) is 7.48. The van der Waals surface area contributed by atoms with Crippen LogP contribution in [0.1, 0.15) is 106 Å². The lowest BCUT2D eigenvalue weighted by Crippen LogP contribution is -2.66. The van der Waals surface area contributed by atoms with Crippen LogP contribution in [0.25, 0.3) is 0 Å². The molecule has 5 aliphatic carbocycles. The van der Waals surface area contributed by atoms with Crippen molar-refractivity contribution >= 4 is 21.7 Å². The first-order valence-electron chi connectivity index (χ1n) is 15.7. The van der Waals surface area contributed by atoms with Crippen LogP contribution in [0.2, 0.25) is 0 Å². The molecule has 0 aromatic carbocycles. The predicted molar refractivity (Wildman–Crippen MR) is 156 cm³/mol. The third-order valence-electron chi connectivity index (χ3n) is 13.9. The van der Waals surface area contributed by atoms with Gasteiger partial charge in [0, 0.05) is 11.3 Å². The molecule has 0 heterocycles. The normalized spacial score (nSPS) is 46.1. The topological polar surface area (TPSA) is 116 Å². The highest BCUT2D eigenvalue weighted by Gasteiger charge is 2.70. The van der Waals surface area contributed by atoms with Crippen LogP contribution >= 0.6 is 0 Å². The third-order valence-corrected chi connectivity index (χ3v) is 15.1. The Balaban J connectivity index is 1.45. The number of halogens is 3. The smallest absolute Gasteiger partial charge is 0.369 e. The number of carbonyl (C=O) groups is 2. The summed E-state index contributed by atoms with van der Waals surface area (Å²) in [7, 11) is -5.50. The highest BCUT2D eigenvalue weighted by Crippen LogP contribution is 2.75. The zero-order valence-corrected chi connectivity index (χ0v) is 27.4. The van der Waals surface area contributed by atoms with Gasteiger partial charge < -0.3 is 10.5 Å². The fourth-order valence-electron chi connectivity index (χ4n) is 11.0. The number of sulfonamides is 1. The largest absolute Gasteiger partial charge is 0.511 e. The van der Waals surface area contributed by atoms with Gasteiger partial charge in [0.2, 0.25) is 5.91 Å². The highest BCUT2D eigenvalue weighted by molar-refractivity contribution is 7.90. The zero-order chi connectivity index (χ0) is 32.2. The number of ketones is 1. The molecule has 5 rings (SSSR count). The molecular weight excluding hydrogens is 581 g/mol. The van der Waals surface area contributed by atoms with E-state index >= 15 is 0 Å². The van der Waals surface area contributed by atoms with Gasteiger partial charge in [0.15, 0.2) is 5.78 Å². The first kappa shape index (κ1) is 32.9. The van der Waals surface area contributed by atoms with E-state index in [2.05, 4.69) is 27.7 Å². The van der Waals surface area contributed by atoms with Gasteiger partial charge in [-0.3, -0.25) is 9.59 Å². The van der Waals surface area contributed by atoms with Crippen LogP contribution in [0.3, 0.4) is 0 Å². The molecule has 0 saturated heterocycles. The summed E-state index contributed by atoms with van der Waals surface area (Å²) in [5, 5.41) is 0. The average Bonchev–Trinajstić information content (AvgIpc) is 2.86. The Labute approximate surface area is 254 Å². The molecule has 4 fully saturated rings. The van der Waals surface area contributed by atoms with E-state index in [0.717, 1.165) is 38.5 Å². The number of rotatable bonds is 5. The monoisotopic (exact) mass is 630 g/mol. The van der Waals surface area contributed by atoms with Crippen molar-refractivity contribution in [2.45, 2.75) is 118 Å². The Morgan fingerprint density at radius 2 is 1.63 bits per heavy atom. The van der Waals surface area contributed by atoms with E-state index in [4.69, 9.17) is 10.5 Å². The second kappa shape index (κ2) is 9.77. The summed E-state index contributed by atoms with van der Waals surface area (Å²) in [6.07, 6.45) is 8.66. The Morgan fingerprint density at radius 1 is 1.00 bits per heavy atom. The van der Waals surface area contributed by atoms with Crippen molar-refractivity contribution in [2.75, 3.05) is 6.73 Å². The van der Waals surface area contributed by atoms with Crippen LogP contribution in [-0.4, -0.2) is 38.5 Å². The molecule has 0 bridgehead atoms. The number of amides is 1. The summed E-state index contributed by atoms with van der Waals surface area (Å²) < 4.78 is 68.8. The lowest BCUT2D eigenvalue weighted by atomic mass is 9.33. The van der Waals surface area contributed by atoms with Gasteiger partial charge in [-0.15, -0.1) is 0 Å². The highest BCUT2D eigenvalue weighted by atomic mass is 32.2. The van der Waals surface area contributed by atoms with Gasteiger partial charge in [-0.05, 0) is 103 Å². The van der Waals surface area contributed by atoms with Crippen LogP contribution in [-0.2, 0) is 24.3 Å². The zero-order valence-electron chi connectivity index (χ0n) is 26.6. The number of nitrogens with one attached hydrogen (secondary N) is 1. The van der Waals surface area contributed by atoms with Crippen LogP contribution in [0.15, 0.2) is 11.6 Å². The molecule has 0 aliphatic heterocycles. The van der Waals surface area contributed by atoms with Crippen molar-refractivity contribution in [1.29, 1.82) is 0 Å². The molecule has 1 unspecified atom stereocenters. The lowest BCUT2D eigenvalue weighted by Gasteiger charge is -2.70. The lowest BCUT2D eigenvalue weighted by molar-refractivity contribution is -0.209. The van der Waals surface area contributed by atoms with Crippen molar-refractivity contribution in [2.24, 2.45) is 56.0 Å². The molecule has 43 heavy (non-hydrogen) atoms. The number of ether oxygens (including phenoxy) is 1. The van der Waals surface area contributed by atoms with E-state index in [9.17, 15) is 31.2 Å². The summed E-state index contributed by atoms with van der Waals surface area (Å²) >= 11 is 0. The van der Waals surface area contributed by atoms with Crippen molar-refractivity contribution in [3.05, 3.63) is 11.6 Å². The molecule has 0 radical (unpaired) electrons. The minimum Gasteiger partial charge on any atom is -0.369 e. The van der Waals surface area contributed by atoms with Crippen molar-refractivity contribution in [3.8, 4) is 0 Å². The molecule has 7 nitrogen and oxygen atoms in total. The molecule has 1 amide bonds. The van der Waals surface area contributed by atoms with E-state index in [1.165, 1.54) is 10.3 Å². The van der Waals surface area contributed by atoms with Gasteiger partial charge in [-0.2, -0.15) is 17.9 Å². The van der Waals surface area contributed by atoms with Crippen molar-refractivity contribution in [1.82, 2.24) is 4.72 Å². The van der Waals surface area contributed by atoms with Gasteiger partial charge in [0.25, 0.3) is 0 Å². The minimum atomic E-state index is -5.50. The van der Waals surface area contributed by atoms with Crippen molar-refractivity contribution < 1.29 is 35.9 Å². The Bertz CT molecular complexity index is 1350. The van der Waals surface area contributed by atoms with E-state index < -0.39 is 39.2 Å². The van der Waals surface area contributed by atoms with Gasteiger partial charge in [0.05, 0.1) is 6.10 Å². The molecule has 5 aliphatic rings. The molecule has 0 aromatic rings. The summed E-state index contributed by atoms with van der Waals surface area (Å²) in [6, 6.07) is 0. The number of alkyl halides is 3. The second-order valence-electron chi connectivity index (χ2n) is 16.4. The summed E-state index contributed by atoms with van der Waals surface area (Å²) in [5.41, 5.74) is -0.238. The summed E-state index contributed by atoms with van der Waals surface area (Å²) in [6.45, 7) is 14.4. The molecule has 244 valence electrons. The van der Waals surface area contributed by atoms with Crippen LogP contribution in [0, 0.1) is 50.2 Å². The maximum Gasteiger partial charge on any atom is 0.511 e. The van der Waals surface area contributed by atoms with E-state index in [1.807, 2.05) is 26.8 Å². The van der Waals surface area contributed by atoms with E-state index in [-0.39, 0.29) is 51.1 Å². The summed E-state index contributed by atoms with van der Waals surface area (Å²) in [4.78, 5) is 27.0. The first-order valence-corrected chi connectivity index (χ1v) is 17.2. The van der Waals surface area contributed by atoms with E-state index in [0.29, 0.717) is 19.3 Å². The number of hydrogen-bond acceptors (Lipinski definition) is 5. The minimum absolute atomic E-state index is 0.0237. The second-order valence-corrected chi connectivity index (χ2v) is 18.1. The van der Waals surface area contributed by atoms with Gasteiger partial charge in [-0.25, -0.2) is 8.42 Å². The van der Waals surface area contributed by atoms with Gasteiger partial charge >= 0.3 is 15.5 Å². The summed E-state index contributed by atoms with van der Waals surface area (Å²) in [5.74, 6) is -0.182. The molecule has 11 heteroatoms. The molecule has 3 N–H and O–H groups in total. The van der Waals surface area contributed by atoms with Crippen LogP contribution in [0.4, 0.5) is 13.2 Å². The molecule has 4 saturated carbocycles. The maximum absolute atomic E-state index is 14.5. The standard InChI is InChI=1S/C32H49F3N2O5S/c1-26(2)22-8-11-31(7)24(29(22,5)10-9-23(26)42-18-37-43(40,41)32(33,34)35)21(38)16-19-20-17-28(4,25(36)39)13-12-27(20,3)14-15-30(19,31)6/h16,20,22-24,37H,8-15,17-18H2,1-7H3,(H2,36,39)/t20-,22?,23-,24+,27+,28-,29-,30+,31+/m0/s1. The number of primary amides is 1. The molecule has 9 atom stereocenters. The fourth-order valence-corrected chi connectivity index (χ4v) is 11.4. The molecule has 0 aromatic heterocycles. The van der Waals surface area contributed by atoms with Gasteiger partial charge in [-0.1, -0.05) is 54.0 Å². The van der Waals surface area contributed by atoms with Crippen LogP contribution < -0.4 is 10.5 Å². The van der Waals surface area contributed by atoms with E-state index in [1.54, 1.807) is 0 Å².